The molecule has 0 bridgehead atoms. The van der Waals surface area contributed by atoms with Gasteiger partial charge in [0.2, 0.25) is 5.91 Å². The van der Waals surface area contributed by atoms with Crippen molar-refractivity contribution >= 4 is 44.7 Å². The molecule has 0 fully saturated rings. The fourth-order valence-electron chi connectivity index (χ4n) is 3.65. The van der Waals surface area contributed by atoms with E-state index >= 15 is 0 Å². The molecule has 0 spiro atoms. The maximum absolute atomic E-state index is 11.9. The van der Waals surface area contributed by atoms with Crippen LogP contribution in [0.2, 0.25) is 0 Å². The van der Waals surface area contributed by atoms with E-state index in [1.54, 1.807) is 16.2 Å². The van der Waals surface area contributed by atoms with E-state index in [2.05, 4.69) is 59.7 Å². The van der Waals surface area contributed by atoms with E-state index in [0.29, 0.717) is 19.1 Å². The van der Waals surface area contributed by atoms with Crippen LogP contribution in [0.4, 0.5) is 10.9 Å². The van der Waals surface area contributed by atoms with Gasteiger partial charge >= 0.3 is 0 Å². The molecule has 1 aliphatic rings. The van der Waals surface area contributed by atoms with Gasteiger partial charge in [0.15, 0.2) is 5.13 Å². The van der Waals surface area contributed by atoms with Gasteiger partial charge in [-0.25, -0.2) is 9.97 Å². The normalized spacial score (nSPS) is 14.3. The van der Waals surface area contributed by atoms with Crippen molar-refractivity contribution in [2.24, 2.45) is 0 Å². The second kappa shape index (κ2) is 7.83. The Bertz CT molecular complexity index is 1110. The van der Waals surface area contributed by atoms with Crippen LogP contribution in [-0.2, 0) is 4.79 Å². The minimum Gasteiger partial charge on any atom is -0.345 e. The van der Waals surface area contributed by atoms with Crippen LogP contribution in [0.15, 0.2) is 42.4 Å². The monoisotopic (exact) mass is 407 g/mol. The molecule has 0 radical (unpaired) electrons. The van der Waals surface area contributed by atoms with Crippen molar-refractivity contribution in [1.82, 2.24) is 19.4 Å². The largest absolute Gasteiger partial charge is 0.345 e. The number of hydrogen-bond donors (Lipinski definition) is 1. The molecule has 3 aromatic rings. The molecule has 0 unspecified atom stereocenters. The lowest BCUT2D eigenvalue weighted by Gasteiger charge is -2.25. The number of hydrogen-bond acceptors (Lipinski definition) is 5. The zero-order valence-electron chi connectivity index (χ0n) is 17.0. The van der Waals surface area contributed by atoms with Crippen LogP contribution in [0.25, 0.3) is 16.5 Å². The van der Waals surface area contributed by atoms with Crippen molar-refractivity contribution in [3.8, 4) is 0 Å². The quantitative estimate of drug-likeness (QED) is 0.609. The standard InChI is InChI=1S/C22H25N5OS/c1-5-20(28)26-9-6-16(7-10-26)21-17-8-11-27(14(2)3)18(17)12-19(24-21)25-22-23-15(4)13-29-22/h5-6,8,11-14H,1,7,9-10H2,2-4H3,(H,23,24,25). The van der Waals surface area contributed by atoms with Crippen molar-refractivity contribution in [2.75, 3.05) is 18.4 Å². The summed E-state index contributed by atoms with van der Waals surface area (Å²) in [5.41, 5.74) is 4.28. The Morgan fingerprint density at radius 3 is 2.83 bits per heavy atom. The van der Waals surface area contributed by atoms with Crippen LogP contribution in [0, 0.1) is 6.92 Å². The number of aryl methyl sites for hydroxylation is 1. The first-order valence-electron chi connectivity index (χ1n) is 9.77. The molecular weight excluding hydrogens is 382 g/mol. The second-order valence-corrected chi connectivity index (χ2v) is 8.35. The van der Waals surface area contributed by atoms with Crippen LogP contribution in [0.3, 0.4) is 0 Å². The number of anilines is 2. The number of rotatable bonds is 5. The number of carbonyl (C=O) groups excluding carboxylic acids is 1. The summed E-state index contributed by atoms with van der Waals surface area (Å²) in [5.74, 6) is 0.756. The van der Waals surface area contributed by atoms with E-state index in [-0.39, 0.29) is 5.91 Å². The summed E-state index contributed by atoms with van der Waals surface area (Å²) in [7, 11) is 0. The van der Waals surface area contributed by atoms with E-state index in [9.17, 15) is 4.79 Å². The summed E-state index contributed by atoms with van der Waals surface area (Å²) in [6.45, 7) is 11.2. The van der Waals surface area contributed by atoms with Crippen molar-refractivity contribution < 1.29 is 4.79 Å². The molecule has 0 aromatic carbocycles. The zero-order valence-corrected chi connectivity index (χ0v) is 17.8. The van der Waals surface area contributed by atoms with Crippen molar-refractivity contribution in [3.63, 3.8) is 0 Å². The molecule has 29 heavy (non-hydrogen) atoms. The van der Waals surface area contributed by atoms with Gasteiger partial charge in [0.1, 0.15) is 5.82 Å². The molecule has 4 heterocycles. The Morgan fingerprint density at radius 1 is 1.38 bits per heavy atom. The van der Waals surface area contributed by atoms with Gasteiger partial charge in [0, 0.05) is 42.2 Å². The third-order valence-corrected chi connectivity index (χ3v) is 6.00. The van der Waals surface area contributed by atoms with E-state index in [0.717, 1.165) is 39.7 Å². The van der Waals surface area contributed by atoms with Gasteiger partial charge in [-0.3, -0.25) is 4.79 Å². The smallest absolute Gasteiger partial charge is 0.246 e. The lowest BCUT2D eigenvalue weighted by Crippen LogP contribution is -2.33. The highest BCUT2D eigenvalue weighted by Crippen LogP contribution is 2.33. The van der Waals surface area contributed by atoms with E-state index in [1.807, 2.05) is 12.3 Å². The molecular formula is C22H25N5OS. The van der Waals surface area contributed by atoms with Crippen LogP contribution >= 0.6 is 11.3 Å². The van der Waals surface area contributed by atoms with Crippen LogP contribution < -0.4 is 5.32 Å². The molecule has 1 amide bonds. The number of nitrogens with one attached hydrogen (secondary N) is 1. The molecule has 7 heteroatoms. The Kier molecular flexibility index (Phi) is 5.24. The Balaban J connectivity index is 1.77. The number of thiazole rings is 1. The van der Waals surface area contributed by atoms with E-state index in [4.69, 9.17) is 4.98 Å². The van der Waals surface area contributed by atoms with E-state index < -0.39 is 0 Å². The molecule has 0 atom stereocenters. The van der Waals surface area contributed by atoms with Crippen LogP contribution in [-0.4, -0.2) is 38.4 Å². The number of aromatic nitrogens is 3. The SMILES string of the molecule is C=CC(=O)N1CC=C(c2nc(Nc3nc(C)cs3)cc3c2ccn3C(C)C)CC1. The molecule has 1 aliphatic heterocycles. The number of amides is 1. The molecule has 0 saturated carbocycles. The Hall–Kier alpha value is -2.93. The first-order valence-corrected chi connectivity index (χ1v) is 10.7. The second-order valence-electron chi connectivity index (χ2n) is 7.49. The Morgan fingerprint density at radius 2 is 2.21 bits per heavy atom. The highest BCUT2D eigenvalue weighted by atomic mass is 32.1. The maximum atomic E-state index is 11.9. The van der Waals surface area contributed by atoms with Crippen molar-refractivity contribution in [3.05, 3.63) is 53.8 Å². The van der Waals surface area contributed by atoms with Gasteiger partial charge in [-0.2, -0.15) is 0 Å². The first-order chi connectivity index (χ1) is 14.0. The topological polar surface area (TPSA) is 63.1 Å². The minimum absolute atomic E-state index is 0.0288. The first kappa shape index (κ1) is 19.4. The summed E-state index contributed by atoms with van der Waals surface area (Å²) in [6, 6.07) is 4.57. The lowest BCUT2D eigenvalue weighted by atomic mass is 10.0. The van der Waals surface area contributed by atoms with Gasteiger partial charge in [0.05, 0.1) is 16.9 Å². The van der Waals surface area contributed by atoms with E-state index in [1.165, 1.54) is 11.6 Å². The number of fused-ring (bicyclic) bond motifs is 1. The summed E-state index contributed by atoms with van der Waals surface area (Å²) in [6.07, 6.45) is 6.37. The molecule has 0 aliphatic carbocycles. The highest BCUT2D eigenvalue weighted by Gasteiger charge is 2.20. The molecule has 3 aromatic heterocycles. The predicted molar refractivity (Wildman–Crippen MR) is 120 cm³/mol. The van der Waals surface area contributed by atoms with Gasteiger partial charge in [0.25, 0.3) is 0 Å². The van der Waals surface area contributed by atoms with Crippen molar-refractivity contribution in [1.29, 1.82) is 0 Å². The number of carbonyl (C=O) groups is 1. The van der Waals surface area contributed by atoms with Crippen LogP contribution in [0.1, 0.15) is 37.7 Å². The summed E-state index contributed by atoms with van der Waals surface area (Å²) < 4.78 is 2.26. The summed E-state index contributed by atoms with van der Waals surface area (Å²) in [5, 5.41) is 7.36. The molecule has 150 valence electrons. The Labute approximate surface area is 174 Å². The van der Waals surface area contributed by atoms with Crippen LogP contribution in [0.5, 0.6) is 0 Å². The predicted octanol–water partition coefficient (Wildman–Crippen LogP) is 4.93. The number of nitrogens with zero attached hydrogens (tertiary/aromatic N) is 4. The summed E-state index contributed by atoms with van der Waals surface area (Å²) >= 11 is 1.57. The minimum atomic E-state index is -0.0288. The van der Waals surface area contributed by atoms with Gasteiger partial charge in [-0.1, -0.05) is 12.7 Å². The molecule has 0 saturated heterocycles. The highest BCUT2D eigenvalue weighted by molar-refractivity contribution is 7.13. The fraction of sp³-hybridized carbons (Fsp3) is 0.318. The zero-order chi connectivity index (χ0) is 20.5. The molecule has 4 rings (SSSR count). The van der Waals surface area contributed by atoms with Gasteiger partial charge < -0.3 is 14.8 Å². The average molecular weight is 408 g/mol. The number of pyridine rings is 1. The molecule has 1 N–H and O–H groups in total. The fourth-order valence-corrected chi connectivity index (χ4v) is 4.34. The summed E-state index contributed by atoms with van der Waals surface area (Å²) in [4.78, 5) is 23.1. The average Bonchev–Trinajstić information content (AvgIpc) is 3.33. The lowest BCUT2D eigenvalue weighted by molar-refractivity contribution is -0.125. The van der Waals surface area contributed by atoms with Crippen molar-refractivity contribution in [2.45, 2.75) is 33.2 Å². The third kappa shape index (κ3) is 3.82. The molecule has 6 nitrogen and oxygen atoms in total. The third-order valence-electron chi connectivity index (χ3n) is 5.13. The van der Waals surface area contributed by atoms with Gasteiger partial charge in [-0.15, -0.1) is 11.3 Å². The maximum Gasteiger partial charge on any atom is 0.246 e. The van der Waals surface area contributed by atoms with Gasteiger partial charge in [-0.05, 0) is 44.9 Å².